The van der Waals surface area contributed by atoms with Crippen LogP contribution in [-0.2, 0) is 19.6 Å². The number of esters is 2. The van der Waals surface area contributed by atoms with Crippen molar-refractivity contribution in [3.8, 4) is 5.75 Å². The summed E-state index contributed by atoms with van der Waals surface area (Å²) < 4.78 is 38.7. The first kappa shape index (κ1) is 17.5. The number of hydrogen-bond acceptors (Lipinski definition) is 7. The van der Waals surface area contributed by atoms with E-state index in [4.69, 9.17) is 4.18 Å². The van der Waals surface area contributed by atoms with Crippen LogP contribution in [0, 0.1) is 0 Å². The molecule has 2 aromatic rings. The van der Waals surface area contributed by atoms with Gasteiger partial charge in [-0.3, -0.25) is 0 Å². The minimum absolute atomic E-state index is 0.0429. The maximum Gasteiger partial charge on any atom is 0.339 e. The van der Waals surface area contributed by atoms with E-state index in [1.807, 2.05) is 0 Å². The highest BCUT2D eigenvalue weighted by Crippen LogP contribution is 2.23. The quantitative estimate of drug-likeness (QED) is 0.601. The van der Waals surface area contributed by atoms with E-state index in [9.17, 15) is 18.0 Å². The molecule has 0 radical (unpaired) electrons. The monoisotopic (exact) mass is 350 g/mol. The molecule has 8 heteroatoms. The summed E-state index contributed by atoms with van der Waals surface area (Å²) in [5, 5.41) is 0. The first-order valence-electron chi connectivity index (χ1n) is 6.68. The van der Waals surface area contributed by atoms with Crippen LogP contribution in [0.2, 0.25) is 0 Å². The van der Waals surface area contributed by atoms with Crippen molar-refractivity contribution in [2.75, 3.05) is 14.2 Å². The minimum Gasteiger partial charge on any atom is -0.465 e. The van der Waals surface area contributed by atoms with Gasteiger partial charge in [0.15, 0.2) is 0 Å². The second kappa shape index (κ2) is 7.14. The third-order valence-electron chi connectivity index (χ3n) is 2.99. The van der Waals surface area contributed by atoms with E-state index in [0.717, 1.165) is 14.2 Å². The smallest absolute Gasteiger partial charge is 0.339 e. The summed E-state index contributed by atoms with van der Waals surface area (Å²) in [6, 6.07) is 11.0. The van der Waals surface area contributed by atoms with E-state index in [2.05, 4.69) is 9.47 Å². The number of rotatable bonds is 5. The van der Waals surface area contributed by atoms with Crippen molar-refractivity contribution in [3.05, 3.63) is 59.7 Å². The average molecular weight is 350 g/mol. The standard InChI is InChI=1S/C16H14O7S/c1-21-15(17)11-8-12(16(18)22-2)10-13(9-11)23-24(19,20)14-6-4-3-5-7-14/h3-10H,1-2H3. The van der Waals surface area contributed by atoms with Gasteiger partial charge in [0.05, 0.1) is 25.3 Å². The Kier molecular flexibility index (Phi) is 5.20. The Morgan fingerprint density at radius 1 is 0.833 bits per heavy atom. The summed E-state index contributed by atoms with van der Waals surface area (Å²) in [7, 11) is -1.79. The third-order valence-corrected chi connectivity index (χ3v) is 4.25. The molecule has 0 aliphatic heterocycles. The number of hydrogen-bond donors (Lipinski definition) is 0. The van der Waals surface area contributed by atoms with E-state index in [-0.39, 0.29) is 21.8 Å². The molecular formula is C16H14O7S. The van der Waals surface area contributed by atoms with Crippen molar-refractivity contribution in [3.63, 3.8) is 0 Å². The van der Waals surface area contributed by atoms with E-state index < -0.39 is 22.1 Å². The molecule has 126 valence electrons. The van der Waals surface area contributed by atoms with Crippen LogP contribution >= 0.6 is 0 Å². The molecule has 2 rings (SSSR count). The number of methoxy groups -OCH3 is 2. The summed E-state index contributed by atoms with van der Waals surface area (Å²) in [5.41, 5.74) is -0.0858. The first-order chi connectivity index (χ1) is 11.4. The van der Waals surface area contributed by atoms with Gasteiger partial charge < -0.3 is 13.7 Å². The van der Waals surface area contributed by atoms with Gasteiger partial charge in [0, 0.05) is 0 Å². The summed E-state index contributed by atoms with van der Waals surface area (Å²) in [6.45, 7) is 0. The largest absolute Gasteiger partial charge is 0.465 e. The Hall–Kier alpha value is -2.87. The molecule has 7 nitrogen and oxygen atoms in total. The zero-order valence-corrected chi connectivity index (χ0v) is 13.7. The predicted molar refractivity (Wildman–Crippen MR) is 83.4 cm³/mol. The van der Waals surface area contributed by atoms with Gasteiger partial charge in [0.1, 0.15) is 10.6 Å². The van der Waals surface area contributed by atoms with E-state index in [1.54, 1.807) is 18.2 Å². The van der Waals surface area contributed by atoms with Gasteiger partial charge in [-0.2, -0.15) is 8.42 Å². The zero-order valence-electron chi connectivity index (χ0n) is 12.9. The molecule has 0 aromatic heterocycles. The molecule has 0 saturated heterocycles. The molecular weight excluding hydrogens is 336 g/mol. The molecule has 0 bridgehead atoms. The summed E-state index contributed by atoms with van der Waals surface area (Å²) >= 11 is 0. The molecule has 0 saturated carbocycles. The molecule has 0 spiro atoms. The Morgan fingerprint density at radius 3 is 1.79 bits per heavy atom. The lowest BCUT2D eigenvalue weighted by Crippen LogP contribution is -2.12. The maximum absolute atomic E-state index is 12.2. The van der Waals surface area contributed by atoms with Gasteiger partial charge in [-0.25, -0.2) is 9.59 Å². The highest BCUT2D eigenvalue weighted by molar-refractivity contribution is 7.87. The van der Waals surface area contributed by atoms with Crippen LogP contribution in [0.5, 0.6) is 5.75 Å². The summed E-state index contributed by atoms with van der Waals surface area (Å²) in [5.74, 6) is -1.70. The maximum atomic E-state index is 12.2. The Morgan fingerprint density at radius 2 is 1.33 bits per heavy atom. The summed E-state index contributed by atoms with van der Waals surface area (Å²) in [6.07, 6.45) is 0. The van der Waals surface area contributed by atoms with Crippen LogP contribution in [0.25, 0.3) is 0 Å². The normalized spacial score (nSPS) is 10.8. The number of ether oxygens (including phenoxy) is 2. The average Bonchev–Trinajstić information content (AvgIpc) is 2.60. The topological polar surface area (TPSA) is 96.0 Å². The molecule has 0 atom stereocenters. The van der Waals surface area contributed by atoms with Crippen LogP contribution in [0.4, 0.5) is 0 Å². The van der Waals surface area contributed by atoms with Crippen molar-refractivity contribution in [2.24, 2.45) is 0 Å². The Bertz CT molecular complexity index is 823. The number of carbonyl (C=O) groups is 2. The van der Waals surface area contributed by atoms with Gasteiger partial charge in [-0.15, -0.1) is 0 Å². The molecule has 2 aromatic carbocycles. The first-order valence-corrected chi connectivity index (χ1v) is 8.09. The lowest BCUT2D eigenvalue weighted by molar-refractivity contribution is 0.0598. The second-order valence-corrected chi connectivity index (χ2v) is 6.13. The molecule has 24 heavy (non-hydrogen) atoms. The van der Waals surface area contributed by atoms with E-state index in [1.165, 1.54) is 30.3 Å². The second-order valence-electron chi connectivity index (χ2n) is 4.58. The zero-order chi connectivity index (χ0) is 17.7. The Balaban J connectivity index is 2.46. The number of benzene rings is 2. The molecule has 0 amide bonds. The van der Waals surface area contributed by atoms with Gasteiger partial charge >= 0.3 is 22.1 Å². The van der Waals surface area contributed by atoms with Crippen LogP contribution < -0.4 is 4.18 Å². The van der Waals surface area contributed by atoms with Crippen molar-refractivity contribution in [1.29, 1.82) is 0 Å². The van der Waals surface area contributed by atoms with Gasteiger partial charge in [-0.05, 0) is 30.3 Å². The van der Waals surface area contributed by atoms with Crippen LogP contribution in [0.1, 0.15) is 20.7 Å². The molecule has 0 unspecified atom stereocenters. The lowest BCUT2D eigenvalue weighted by atomic mass is 10.1. The van der Waals surface area contributed by atoms with Crippen LogP contribution in [0.15, 0.2) is 53.4 Å². The Labute approximate surface area is 138 Å². The van der Waals surface area contributed by atoms with Crippen molar-refractivity contribution >= 4 is 22.1 Å². The van der Waals surface area contributed by atoms with Crippen molar-refractivity contribution in [1.82, 2.24) is 0 Å². The summed E-state index contributed by atoms with van der Waals surface area (Å²) in [4.78, 5) is 23.3. The van der Waals surface area contributed by atoms with Gasteiger partial charge in [0.25, 0.3) is 0 Å². The van der Waals surface area contributed by atoms with E-state index >= 15 is 0 Å². The fourth-order valence-corrected chi connectivity index (χ4v) is 2.82. The van der Waals surface area contributed by atoms with Gasteiger partial charge in [0.2, 0.25) is 0 Å². The van der Waals surface area contributed by atoms with Gasteiger partial charge in [-0.1, -0.05) is 18.2 Å². The molecule has 0 heterocycles. The fourth-order valence-electron chi connectivity index (χ4n) is 1.88. The van der Waals surface area contributed by atoms with Crippen LogP contribution in [-0.4, -0.2) is 34.6 Å². The highest BCUT2D eigenvalue weighted by atomic mass is 32.2. The molecule has 0 aliphatic carbocycles. The minimum atomic E-state index is -4.12. The number of carbonyl (C=O) groups excluding carboxylic acids is 2. The lowest BCUT2D eigenvalue weighted by Gasteiger charge is -2.10. The predicted octanol–water partition coefficient (Wildman–Crippen LogP) is 2.03. The van der Waals surface area contributed by atoms with Crippen molar-refractivity contribution < 1.29 is 31.7 Å². The molecule has 0 aliphatic rings. The fraction of sp³-hybridized carbons (Fsp3) is 0.125. The molecule has 0 fully saturated rings. The highest BCUT2D eigenvalue weighted by Gasteiger charge is 2.20. The van der Waals surface area contributed by atoms with E-state index in [0.29, 0.717) is 0 Å². The van der Waals surface area contributed by atoms with Crippen LogP contribution in [0.3, 0.4) is 0 Å². The SMILES string of the molecule is COC(=O)c1cc(OS(=O)(=O)c2ccccc2)cc(C(=O)OC)c1. The molecule has 0 N–H and O–H groups in total. The third kappa shape index (κ3) is 3.90. The van der Waals surface area contributed by atoms with Crippen molar-refractivity contribution in [2.45, 2.75) is 4.90 Å².